The largest absolute Gasteiger partial charge is 0.481 e. The Morgan fingerprint density at radius 1 is 1.30 bits per heavy atom. The van der Waals surface area contributed by atoms with Crippen LogP contribution in [-0.4, -0.2) is 29.2 Å². The van der Waals surface area contributed by atoms with E-state index in [9.17, 15) is 4.79 Å². The second-order valence-electron chi connectivity index (χ2n) is 5.87. The number of hydrogen-bond donors (Lipinski definition) is 2. The molecule has 120 valence electrons. The average Bonchev–Trinajstić information content (AvgIpc) is 2.95. The molecule has 1 unspecified atom stereocenters. The van der Waals surface area contributed by atoms with E-state index in [1.807, 2.05) is 25.1 Å². The fourth-order valence-corrected chi connectivity index (χ4v) is 3.02. The van der Waals surface area contributed by atoms with Crippen molar-refractivity contribution >= 4 is 5.97 Å². The fraction of sp³-hybridized carbons (Fsp3) is 0.333. The number of rotatable bonds is 5. The Kier molecular flexibility index (Phi) is 4.30. The lowest BCUT2D eigenvalue weighted by Crippen LogP contribution is -2.29. The number of aromatic carboxylic acids is 1. The van der Waals surface area contributed by atoms with E-state index in [0.29, 0.717) is 17.5 Å². The topological polar surface area (TPSA) is 71.5 Å². The lowest BCUT2D eigenvalue weighted by Gasteiger charge is -2.13. The molecule has 0 bridgehead atoms. The number of pyridine rings is 1. The van der Waals surface area contributed by atoms with Crippen molar-refractivity contribution in [3.8, 4) is 5.88 Å². The van der Waals surface area contributed by atoms with Crippen molar-refractivity contribution in [2.24, 2.45) is 0 Å². The van der Waals surface area contributed by atoms with Crippen LogP contribution < -0.4 is 10.1 Å². The molecule has 0 aliphatic heterocycles. The molecule has 1 aromatic heterocycles. The molecule has 1 aromatic carbocycles. The summed E-state index contributed by atoms with van der Waals surface area (Å²) in [6.45, 7) is 2.72. The number of methoxy groups -OCH3 is 1. The van der Waals surface area contributed by atoms with Gasteiger partial charge in [0, 0.05) is 24.3 Å². The molecule has 1 atom stereocenters. The van der Waals surface area contributed by atoms with Gasteiger partial charge >= 0.3 is 5.97 Å². The van der Waals surface area contributed by atoms with E-state index in [0.717, 1.165) is 36.2 Å². The summed E-state index contributed by atoms with van der Waals surface area (Å²) in [6, 6.07) is 9.63. The van der Waals surface area contributed by atoms with Crippen LogP contribution >= 0.6 is 0 Å². The third-order valence-corrected chi connectivity index (χ3v) is 4.35. The van der Waals surface area contributed by atoms with E-state index in [-0.39, 0.29) is 0 Å². The van der Waals surface area contributed by atoms with Gasteiger partial charge in [0.2, 0.25) is 5.88 Å². The molecule has 0 saturated heterocycles. The lowest BCUT2D eigenvalue weighted by atomic mass is 10.1. The van der Waals surface area contributed by atoms with Crippen LogP contribution in [0.3, 0.4) is 0 Å². The summed E-state index contributed by atoms with van der Waals surface area (Å²) < 4.78 is 5.12. The lowest BCUT2D eigenvalue weighted by molar-refractivity contribution is 0.0696. The Morgan fingerprint density at radius 3 is 2.78 bits per heavy atom. The fourth-order valence-electron chi connectivity index (χ4n) is 3.02. The van der Waals surface area contributed by atoms with Crippen molar-refractivity contribution in [1.82, 2.24) is 10.3 Å². The van der Waals surface area contributed by atoms with Crippen LogP contribution in [0.1, 0.15) is 32.7 Å². The number of ether oxygens (including phenoxy) is 1. The van der Waals surface area contributed by atoms with Gasteiger partial charge in [0.05, 0.1) is 12.7 Å². The van der Waals surface area contributed by atoms with Gasteiger partial charge < -0.3 is 15.2 Å². The second-order valence-corrected chi connectivity index (χ2v) is 5.87. The van der Waals surface area contributed by atoms with Crippen molar-refractivity contribution in [3.05, 3.63) is 58.3 Å². The van der Waals surface area contributed by atoms with Gasteiger partial charge in [-0.1, -0.05) is 12.1 Å². The number of carboxylic acid groups (broad SMARTS) is 1. The first-order chi connectivity index (χ1) is 11.1. The summed E-state index contributed by atoms with van der Waals surface area (Å²) in [5.41, 5.74) is 4.83. The first-order valence-corrected chi connectivity index (χ1v) is 7.66. The zero-order valence-corrected chi connectivity index (χ0v) is 13.3. The van der Waals surface area contributed by atoms with Crippen LogP contribution in [0.2, 0.25) is 0 Å². The van der Waals surface area contributed by atoms with Crippen molar-refractivity contribution < 1.29 is 14.6 Å². The summed E-state index contributed by atoms with van der Waals surface area (Å²) in [4.78, 5) is 15.4. The van der Waals surface area contributed by atoms with E-state index < -0.39 is 5.97 Å². The molecule has 0 radical (unpaired) electrons. The monoisotopic (exact) mass is 312 g/mol. The quantitative estimate of drug-likeness (QED) is 0.887. The standard InChI is InChI=1S/C18H20N2O3/c1-11-14(5-6-17(20-11)23-2)10-19-16-8-12-3-4-13(18(21)22)7-15(12)9-16/h3-7,16,19H,8-10H2,1-2H3,(H,21,22). The Bertz CT molecular complexity index is 743. The van der Waals surface area contributed by atoms with Crippen molar-refractivity contribution in [1.29, 1.82) is 0 Å². The van der Waals surface area contributed by atoms with Crippen LogP contribution in [-0.2, 0) is 19.4 Å². The molecule has 23 heavy (non-hydrogen) atoms. The predicted octanol–water partition coefficient (Wildman–Crippen LogP) is 2.35. The van der Waals surface area contributed by atoms with E-state index in [1.165, 1.54) is 5.56 Å². The molecule has 0 saturated carbocycles. The van der Waals surface area contributed by atoms with Gasteiger partial charge in [0.25, 0.3) is 0 Å². The SMILES string of the molecule is COc1ccc(CNC2Cc3ccc(C(=O)O)cc3C2)c(C)n1. The first-order valence-electron chi connectivity index (χ1n) is 7.66. The van der Waals surface area contributed by atoms with Gasteiger partial charge in [-0.05, 0) is 48.6 Å². The highest BCUT2D eigenvalue weighted by atomic mass is 16.5. The van der Waals surface area contributed by atoms with Crippen LogP contribution in [0.4, 0.5) is 0 Å². The molecular formula is C18H20N2O3. The zero-order valence-electron chi connectivity index (χ0n) is 13.3. The van der Waals surface area contributed by atoms with Crippen LogP contribution in [0, 0.1) is 6.92 Å². The highest BCUT2D eigenvalue weighted by Gasteiger charge is 2.22. The number of carbonyl (C=O) groups is 1. The third-order valence-electron chi connectivity index (χ3n) is 4.35. The molecule has 5 nitrogen and oxygen atoms in total. The molecule has 0 fully saturated rings. The minimum absolute atomic E-state index is 0.329. The summed E-state index contributed by atoms with van der Waals surface area (Å²) in [7, 11) is 1.61. The minimum atomic E-state index is -0.871. The van der Waals surface area contributed by atoms with Crippen LogP contribution in [0.5, 0.6) is 5.88 Å². The maximum Gasteiger partial charge on any atom is 0.335 e. The van der Waals surface area contributed by atoms with Crippen molar-refractivity contribution in [3.63, 3.8) is 0 Å². The van der Waals surface area contributed by atoms with E-state index in [4.69, 9.17) is 9.84 Å². The van der Waals surface area contributed by atoms with E-state index >= 15 is 0 Å². The van der Waals surface area contributed by atoms with Crippen LogP contribution in [0.25, 0.3) is 0 Å². The number of aromatic nitrogens is 1. The van der Waals surface area contributed by atoms with Crippen molar-refractivity contribution in [2.45, 2.75) is 32.4 Å². The van der Waals surface area contributed by atoms with Gasteiger partial charge in [0.1, 0.15) is 0 Å². The zero-order chi connectivity index (χ0) is 16.4. The van der Waals surface area contributed by atoms with Gasteiger partial charge in [-0.15, -0.1) is 0 Å². The summed E-state index contributed by atoms with van der Waals surface area (Å²) in [5, 5.41) is 12.6. The molecule has 3 rings (SSSR count). The number of nitrogens with one attached hydrogen (secondary N) is 1. The maximum atomic E-state index is 11.0. The number of fused-ring (bicyclic) bond motifs is 1. The third kappa shape index (κ3) is 3.35. The number of aryl methyl sites for hydroxylation is 1. The number of nitrogens with zero attached hydrogens (tertiary/aromatic N) is 1. The van der Waals surface area contributed by atoms with E-state index in [1.54, 1.807) is 19.2 Å². The Balaban J connectivity index is 1.63. The molecule has 2 N–H and O–H groups in total. The number of benzene rings is 1. The highest BCUT2D eigenvalue weighted by Crippen LogP contribution is 2.24. The van der Waals surface area contributed by atoms with Crippen LogP contribution in [0.15, 0.2) is 30.3 Å². The summed E-state index contributed by atoms with van der Waals surface area (Å²) in [6.07, 6.45) is 1.79. The molecule has 5 heteroatoms. The molecule has 1 aliphatic rings. The molecular weight excluding hydrogens is 292 g/mol. The van der Waals surface area contributed by atoms with E-state index in [2.05, 4.69) is 10.3 Å². The molecule has 1 heterocycles. The predicted molar refractivity (Wildman–Crippen MR) is 87.0 cm³/mol. The Hall–Kier alpha value is -2.40. The molecule has 0 spiro atoms. The smallest absolute Gasteiger partial charge is 0.335 e. The normalized spacial score (nSPS) is 16.2. The van der Waals surface area contributed by atoms with Gasteiger partial charge in [-0.2, -0.15) is 0 Å². The summed E-state index contributed by atoms with van der Waals surface area (Å²) in [5.74, 6) is -0.245. The second kappa shape index (κ2) is 6.38. The van der Waals surface area contributed by atoms with Crippen molar-refractivity contribution in [2.75, 3.05) is 7.11 Å². The summed E-state index contributed by atoms with van der Waals surface area (Å²) >= 11 is 0. The highest BCUT2D eigenvalue weighted by molar-refractivity contribution is 5.88. The molecule has 2 aromatic rings. The van der Waals surface area contributed by atoms with Gasteiger partial charge in [0.15, 0.2) is 0 Å². The first kappa shape index (κ1) is 15.5. The number of carboxylic acids is 1. The average molecular weight is 312 g/mol. The Labute approximate surface area is 135 Å². The Morgan fingerprint density at radius 2 is 2.09 bits per heavy atom. The maximum absolute atomic E-state index is 11.0. The molecule has 0 amide bonds. The van der Waals surface area contributed by atoms with Gasteiger partial charge in [-0.25, -0.2) is 9.78 Å². The minimum Gasteiger partial charge on any atom is -0.481 e. The molecule has 1 aliphatic carbocycles. The number of hydrogen-bond acceptors (Lipinski definition) is 4. The van der Waals surface area contributed by atoms with Gasteiger partial charge in [-0.3, -0.25) is 0 Å².